The van der Waals surface area contributed by atoms with Crippen molar-refractivity contribution >= 4 is 29.9 Å². The molecule has 1 unspecified atom stereocenters. The molecule has 1 atom stereocenters. The van der Waals surface area contributed by atoms with Crippen LogP contribution in [0.1, 0.15) is 19.4 Å². The van der Waals surface area contributed by atoms with Crippen LogP contribution in [-0.2, 0) is 13.6 Å². The molecule has 7 heteroatoms. The fourth-order valence-corrected chi connectivity index (χ4v) is 1.67. The summed E-state index contributed by atoms with van der Waals surface area (Å²) in [7, 11) is 3.91. The van der Waals surface area contributed by atoms with Crippen molar-refractivity contribution in [1.29, 1.82) is 0 Å². The number of rotatable bonds is 6. The smallest absolute Gasteiger partial charge is 0.193 e. The Labute approximate surface area is 138 Å². The maximum absolute atomic E-state index is 9.04. The van der Waals surface area contributed by atoms with Crippen LogP contribution in [0.3, 0.4) is 0 Å². The number of halogens is 1. The summed E-state index contributed by atoms with van der Waals surface area (Å²) in [4.78, 5) is 6.59. The van der Waals surface area contributed by atoms with E-state index >= 15 is 0 Å². The number of aromatic nitrogens is 2. The average Bonchev–Trinajstić information content (AvgIpc) is 2.79. The SMILES string of the molecule is CCNC(=NCC(C)CO)N(C)Cc1cnn(C)c1.I. The van der Waals surface area contributed by atoms with Gasteiger partial charge in [0.25, 0.3) is 0 Å². The van der Waals surface area contributed by atoms with Gasteiger partial charge in [0.2, 0.25) is 0 Å². The molecule has 0 radical (unpaired) electrons. The van der Waals surface area contributed by atoms with Crippen molar-refractivity contribution in [2.24, 2.45) is 18.0 Å². The first-order chi connectivity index (χ1) is 9.06. The highest BCUT2D eigenvalue weighted by Crippen LogP contribution is 2.02. The van der Waals surface area contributed by atoms with Gasteiger partial charge in [-0.05, 0) is 12.8 Å². The van der Waals surface area contributed by atoms with Gasteiger partial charge in [-0.15, -0.1) is 24.0 Å². The van der Waals surface area contributed by atoms with Crippen LogP contribution < -0.4 is 5.32 Å². The first kappa shape index (κ1) is 19.2. The summed E-state index contributed by atoms with van der Waals surface area (Å²) in [6.07, 6.45) is 3.85. The number of aryl methyl sites for hydroxylation is 1. The molecule has 0 spiro atoms. The molecule has 1 heterocycles. The lowest BCUT2D eigenvalue weighted by Crippen LogP contribution is -2.38. The standard InChI is InChI=1S/C13H25N5O.HI/c1-5-14-13(15-6-11(2)10-19)17(3)8-12-7-16-18(4)9-12;/h7,9,11,19H,5-6,8,10H2,1-4H3,(H,14,15);1H. The van der Waals surface area contributed by atoms with Crippen molar-refractivity contribution < 1.29 is 5.11 Å². The van der Waals surface area contributed by atoms with E-state index < -0.39 is 0 Å². The Kier molecular flexibility index (Phi) is 9.56. The minimum atomic E-state index is 0. The van der Waals surface area contributed by atoms with Gasteiger partial charge in [-0.1, -0.05) is 6.92 Å². The van der Waals surface area contributed by atoms with E-state index in [4.69, 9.17) is 5.11 Å². The molecule has 0 fully saturated rings. The lowest BCUT2D eigenvalue weighted by Gasteiger charge is -2.21. The molecule has 116 valence electrons. The third-order valence-corrected chi connectivity index (χ3v) is 2.74. The topological polar surface area (TPSA) is 65.7 Å². The third kappa shape index (κ3) is 6.56. The Bertz CT molecular complexity index is 407. The summed E-state index contributed by atoms with van der Waals surface area (Å²) in [5, 5.41) is 16.5. The summed E-state index contributed by atoms with van der Waals surface area (Å²) in [6.45, 7) is 6.39. The van der Waals surface area contributed by atoms with Gasteiger partial charge in [0.05, 0.1) is 6.20 Å². The molecule has 0 aromatic carbocycles. The van der Waals surface area contributed by atoms with Crippen molar-refractivity contribution in [1.82, 2.24) is 20.0 Å². The van der Waals surface area contributed by atoms with Crippen molar-refractivity contribution in [3.63, 3.8) is 0 Å². The molecule has 0 saturated carbocycles. The van der Waals surface area contributed by atoms with E-state index in [2.05, 4.69) is 20.3 Å². The molecule has 1 aromatic rings. The molecule has 0 aliphatic heterocycles. The molecule has 2 N–H and O–H groups in total. The number of hydrogen-bond acceptors (Lipinski definition) is 3. The number of aliphatic hydroxyl groups excluding tert-OH is 1. The fourth-order valence-electron chi connectivity index (χ4n) is 1.67. The summed E-state index contributed by atoms with van der Waals surface area (Å²) < 4.78 is 1.79. The molecule has 0 aliphatic rings. The first-order valence-electron chi connectivity index (χ1n) is 6.64. The monoisotopic (exact) mass is 395 g/mol. The zero-order chi connectivity index (χ0) is 14.3. The molecule has 1 rings (SSSR count). The Morgan fingerprint density at radius 2 is 2.30 bits per heavy atom. The Morgan fingerprint density at radius 1 is 1.60 bits per heavy atom. The van der Waals surface area contributed by atoms with E-state index in [0.29, 0.717) is 6.54 Å². The molecular formula is C13H26IN5O. The Morgan fingerprint density at radius 3 is 2.80 bits per heavy atom. The number of hydrogen-bond donors (Lipinski definition) is 2. The largest absolute Gasteiger partial charge is 0.396 e. The van der Waals surface area contributed by atoms with Crippen LogP contribution >= 0.6 is 24.0 Å². The van der Waals surface area contributed by atoms with Gasteiger partial charge >= 0.3 is 0 Å². The molecule has 6 nitrogen and oxygen atoms in total. The second kappa shape index (κ2) is 9.98. The van der Waals surface area contributed by atoms with Crippen LogP contribution in [0.4, 0.5) is 0 Å². The van der Waals surface area contributed by atoms with E-state index in [1.54, 1.807) is 4.68 Å². The minimum absolute atomic E-state index is 0. The first-order valence-corrected chi connectivity index (χ1v) is 6.64. The zero-order valence-corrected chi connectivity index (χ0v) is 15.0. The van der Waals surface area contributed by atoms with Crippen LogP contribution in [0.5, 0.6) is 0 Å². The summed E-state index contributed by atoms with van der Waals surface area (Å²) in [5.74, 6) is 1.03. The second-order valence-corrected chi connectivity index (χ2v) is 4.86. The van der Waals surface area contributed by atoms with Crippen molar-refractivity contribution in [2.45, 2.75) is 20.4 Å². The fraction of sp³-hybridized carbons (Fsp3) is 0.692. The normalized spacial score (nSPS) is 12.8. The maximum atomic E-state index is 9.04. The molecule has 0 saturated heterocycles. The summed E-state index contributed by atoms with van der Waals surface area (Å²) >= 11 is 0. The van der Waals surface area contributed by atoms with Gasteiger partial charge < -0.3 is 15.3 Å². The van der Waals surface area contributed by atoms with Crippen molar-refractivity contribution in [3.8, 4) is 0 Å². The molecule has 0 aliphatic carbocycles. The van der Waals surface area contributed by atoms with E-state index in [9.17, 15) is 0 Å². The van der Waals surface area contributed by atoms with E-state index in [1.165, 1.54) is 0 Å². The molecular weight excluding hydrogens is 369 g/mol. The Hall–Kier alpha value is -0.830. The van der Waals surface area contributed by atoms with Gasteiger partial charge in [0, 0.05) is 52.1 Å². The van der Waals surface area contributed by atoms with E-state index in [-0.39, 0.29) is 36.5 Å². The predicted molar refractivity (Wildman–Crippen MR) is 92.3 cm³/mol. The van der Waals surface area contributed by atoms with Gasteiger partial charge in [0.1, 0.15) is 0 Å². The summed E-state index contributed by atoms with van der Waals surface area (Å²) in [5.41, 5.74) is 1.14. The van der Waals surface area contributed by atoms with Gasteiger partial charge in [-0.2, -0.15) is 5.10 Å². The second-order valence-electron chi connectivity index (χ2n) is 4.86. The highest BCUT2D eigenvalue weighted by atomic mass is 127. The molecule has 0 bridgehead atoms. The van der Waals surface area contributed by atoms with E-state index in [1.807, 2.05) is 40.3 Å². The van der Waals surface area contributed by atoms with Gasteiger partial charge in [-0.3, -0.25) is 9.67 Å². The third-order valence-electron chi connectivity index (χ3n) is 2.74. The van der Waals surface area contributed by atoms with Gasteiger partial charge in [-0.25, -0.2) is 0 Å². The maximum Gasteiger partial charge on any atom is 0.193 e. The highest BCUT2D eigenvalue weighted by Gasteiger charge is 2.08. The Balaban J connectivity index is 0.00000361. The minimum Gasteiger partial charge on any atom is -0.396 e. The lowest BCUT2D eigenvalue weighted by molar-refractivity contribution is 0.241. The predicted octanol–water partition coefficient (Wildman–Crippen LogP) is 1.06. The van der Waals surface area contributed by atoms with Gasteiger partial charge in [0.15, 0.2) is 5.96 Å². The van der Waals surface area contributed by atoms with Crippen LogP contribution in [0.15, 0.2) is 17.4 Å². The quantitative estimate of drug-likeness (QED) is 0.430. The van der Waals surface area contributed by atoms with Crippen LogP contribution in [0.2, 0.25) is 0 Å². The number of aliphatic imine (C=N–C) groups is 1. The summed E-state index contributed by atoms with van der Waals surface area (Å²) in [6, 6.07) is 0. The van der Waals surface area contributed by atoms with Crippen LogP contribution in [0.25, 0.3) is 0 Å². The van der Waals surface area contributed by atoms with Crippen LogP contribution in [-0.4, -0.2) is 52.5 Å². The number of nitrogens with zero attached hydrogens (tertiary/aromatic N) is 4. The zero-order valence-electron chi connectivity index (χ0n) is 12.7. The number of nitrogens with one attached hydrogen (secondary N) is 1. The van der Waals surface area contributed by atoms with Crippen molar-refractivity contribution in [2.75, 3.05) is 26.7 Å². The molecule has 20 heavy (non-hydrogen) atoms. The lowest BCUT2D eigenvalue weighted by atomic mass is 10.2. The number of guanidine groups is 1. The van der Waals surface area contributed by atoms with Crippen molar-refractivity contribution in [3.05, 3.63) is 18.0 Å². The molecule has 1 aromatic heterocycles. The van der Waals surface area contributed by atoms with E-state index in [0.717, 1.165) is 24.6 Å². The number of aliphatic hydroxyl groups is 1. The molecule has 0 amide bonds. The highest BCUT2D eigenvalue weighted by molar-refractivity contribution is 14.0. The average molecular weight is 395 g/mol. The van der Waals surface area contributed by atoms with Crippen LogP contribution in [0, 0.1) is 5.92 Å².